The minimum atomic E-state index is -0.116. The van der Waals surface area contributed by atoms with Crippen LogP contribution in [0.2, 0.25) is 0 Å². The van der Waals surface area contributed by atoms with E-state index >= 15 is 0 Å². The molecule has 1 aromatic rings. The van der Waals surface area contributed by atoms with Crippen LogP contribution < -0.4 is 0 Å². The van der Waals surface area contributed by atoms with Crippen molar-refractivity contribution in [2.45, 2.75) is 13.5 Å². The lowest BCUT2D eigenvalue weighted by Gasteiger charge is -2.19. The number of nitrogens with zero attached hydrogens (tertiary/aromatic N) is 2. The van der Waals surface area contributed by atoms with Crippen molar-refractivity contribution < 1.29 is 4.79 Å². The lowest BCUT2D eigenvalue weighted by Crippen LogP contribution is -2.28. The molecule has 0 spiro atoms. The Kier molecular flexibility index (Phi) is 4.28. The molecule has 0 radical (unpaired) electrons. The van der Waals surface area contributed by atoms with E-state index in [1.165, 1.54) is 6.08 Å². The normalized spacial score (nSPS) is 9.25. The first-order chi connectivity index (χ1) is 7.72. The molecule has 0 saturated heterocycles. The van der Waals surface area contributed by atoms with E-state index in [2.05, 4.69) is 12.6 Å². The Morgan fingerprint density at radius 1 is 1.56 bits per heavy atom. The number of likely N-dealkylation sites (N-methyl/N-ethyl adjacent to an activating group) is 1. The molecular formula is C13H14N2O. The summed E-state index contributed by atoms with van der Waals surface area (Å²) in [5, 5.41) is 8.93. The van der Waals surface area contributed by atoms with Crippen molar-refractivity contribution in [1.82, 2.24) is 4.90 Å². The molecule has 0 aliphatic carbocycles. The van der Waals surface area contributed by atoms with Gasteiger partial charge in [-0.25, -0.2) is 0 Å². The molecule has 82 valence electrons. The van der Waals surface area contributed by atoms with Crippen molar-refractivity contribution >= 4 is 5.91 Å². The minimum Gasteiger partial charge on any atom is -0.335 e. The third-order valence-electron chi connectivity index (χ3n) is 2.37. The van der Waals surface area contributed by atoms with Crippen LogP contribution in [0.3, 0.4) is 0 Å². The summed E-state index contributed by atoms with van der Waals surface area (Å²) in [6.07, 6.45) is 1.29. The van der Waals surface area contributed by atoms with Gasteiger partial charge >= 0.3 is 0 Å². The predicted molar refractivity (Wildman–Crippen MR) is 62.4 cm³/mol. The topological polar surface area (TPSA) is 44.1 Å². The van der Waals surface area contributed by atoms with Crippen LogP contribution in [0.15, 0.2) is 36.9 Å². The van der Waals surface area contributed by atoms with E-state index in [4.69, 9.17) is 5.26 Å². The van der Waals surface area contributed by atoms with Gasteiger partial charge in [-0.1, -0.05) is 24.8 Å². The fourth-order valence-electron chi connectivity index (χ4n) is 1.45. The molecule has 1 rings (SSSR count). The fraction of sp³-hybridized carbons (Fsp3) is 0.231. The summed E-state index contributed by atoms with van der Waals surface area (Å²) < 4.78 is 0. The average Bonchev–Trinajstić information content (AvgIpc) is 2.35. The summed E-state index contributed by atoms with van der Waals surface area (Å²) in [6, 6.07) is 9.41. The smallest absolute Gasteiger partial charge is 0.246 e. The molecule has 1 amide bonds. The van der Waals surface area contributed by atoms with E-state index < -0.39 is 0 Å². The van der Waals surface area contributed by atoms with Gasteiger partial charge in [-0.05, 0) is 24.6 Å². The number of carbonyl (C=O) groups excluding carboxylic acids is 1. The first-order valence-electron chi connectivity index (χ1n) is 5.12. The molecule has 1 aromatic carbocycles. The van der Waals surface area contributed by atoms with Gasteiger partial charge in [-0.2, -0.15) is 5.26 Å². The predicted octanol–water partition coefficient (Wildman–Crippen LogP) is 2.09. The molecule has 0 aromatic heterocycles. The molecule has 0 bridgehead atoms. The Morgan fingerprint density at radius 2 is 2.25 bits per heavy atom. The van der Waals surface area contributed by atoms with E-state index in [0.29, 0.717) is 18.7 Å². The second-order valence-electron chi connectivity index (χ2n) is 3.33. The van der Waals surface area contributed by atoms with Gasteiger partial charge in [-0.3, -0.25) is 4.79 Å². The van der Waals surface area contributed by atoms with Gasteiger partial charge in [0.2, 0.25) is 5.91 Å². The number of amides is 1. The van der Waals surface area contributed by atoms with Crippen LogP contribution in [-0.2, 0) is 11.3 Å². The summed E-state index contributed by atoms with van der Waals surface area (Å²) in [4.78, 5) is 13.1. The van der Waals surface area contributed by atoms with Crippen LogP contribution in [0.4, 0.5) is 0 Å². The summed E-state index contributed by atoms with van der Waals surface area (Å²) in [5.41, 5.74) is 1.47. The summed E-state index contributed by atoms with van der Waals surface area (Å²) in [6.45, 7) is 6.41. The van der Waals surface area contributed by atoms with Gasteiger partial charge in [0, 0.05) is 13.1 Å². The molecule has 16 heavy (non-hydrogen) atoms. The molecule has 3 nitrogen and oxygen atoms in total. The number of hydrogen-bond donors (Lipinski definition) is 0. The first kappa shape index (κ1) is 12.0. The third kappa shape index (κ3) is 2.71. The van der Waals surface area contributed by atoms with Crippen molar-refractivity contribution in [3.63, 3.8) is 0 Å². The Hall–Kier alpha value is -2.08. The van der Waals surface area contributed by atoms with Gasteiger partial charge < -0.3 is 4.90 Å². The highest BCUT2D eigenvalue weighted by atomic mass is 16.2. The zero-order valence-electron chi connectivity index (χ0n) is 9.31. The maximum absolute atomic E-state index is 11.5. The molecule has 0 saturated carbocycles. The van der Waals surface area contributed by atoms with Gasteiger partial charge in [0.15, 0.2) is 0 Å². The summed E-state index contributed by atoms with van der Waals surface area (Å²) in [5.74, 6) is -0.116. The van der Waals surface area contributed by atoms with Gasteiger partial charge in [0.1, 0.15) is 0 Å². The van der Waals surface area contributed by atoms with Gasteiger partial charge in [0.25, 0.3) is 0 Å². The van der Waals surface area contributed by atoms with E-state index in [9.17, 15) is 4.79 Å². The molecular weight excluding hydrogens is 200 g/mol. The molecule has 0 fully saturated rings. The number of rotatable bonds is 4. The van der Waals surface area contributed by atoms with Crippen LogP contribution >= 0.6 is 0 Å². The highest BCUT2D eigenvalue weighted by molar-refractivity contribution is 5.86. The SMILES string of the molecule is C=CC(=O)N(CC)Cc1ccccc1C#N. The van der Waals surface area contributed by atoms with Crippen molar-refractivity contribution in [1.29, 1.82) is 5.26 Å². The highest BCUT2D eigenvalue weighted by Crippen LogP contribution is 2.10. The largest absolute Gasteiger partial charge is 0.335 e. The number of hydrogen-bond acceptors (Lipinski definition) is 2. The van der Waals surface area contributed by atoms with Crippen molar-refractivity contribution in [3.05, 3.63) is 48.0 Å². The third-order valence-corrected chi connectivity index (χ3v) is 2.37. The lowest BCUT2D eigenvalue weighted by molar-refractivity contribution is -0.126. The van der Waals surface area contributed by atoms with Crippen LogP contribution in [-0.4, -0.2) is 17.4 Å². The van der Waals surface area contributed by atoms with E-state index in [0.717, 1.165) is 5.56 Å². The number of benzene rings is 1. The van der Waals surface area contributed by atoms with E-state index in [1.54, 1.807) is 11.0 Å². The maximum Gasteiger partial charge on any atom is 0.246 e. The summed E-state index contributed by atoms with van der Waals surface area (Å²) >= 11 is 0. The minimum absolute atomic E-state index is 0.116. The van der Waals surface area contributed by atoms with Gasteiger partial charge in [0.05, 0.1) is 11.6 Å². The average molecular weight is 214 g/mol. The Morgan fingerprint density at radius 3 is 2.81 bits per heavy atom. The second kappa shape index (κ2) is 5.72. The molecule has 0 aliphatic rings. The number of nitriles is 1. The molecule has 0 aliphatic heterocycles. The highest BCUT2D eigenvalue weighted by Gasteiger charge is 2.10. The Balaban J connectivity index is 2.90. The molecule has 0 heterocycles. The molecule has 0 N–H and O–H groups in total. The van der Waals surface area contributed by atoms with Crippen molar-refractivity contribution in [3.8, 4) is 6.07 Å². The fourth-order valence-corrected chi connectivity index (χ4v) is 1.45. The quantitative estimate of drug-likeness (QED) is 0.720. The van der Waals surface area contributed by atoms with E-state index in [1.807, 2.05) is 25.1 Å². The zero-order chi connectivity index (χ0) is 12.0. The van der Waals surface area contributed by atoms with Crippen molar-refractivity contribution in [2.75, 3.05) is 6.54 Å². The lowest BCUT2D eigenvalue weighted by atomic mass is 10.1. The first-order valence-corrected chi connectivity index (χ1v) is 5.12. The van der Waals surface area contributed by atoms with E-state index in [-0.39, 0.29) is 5.91 Å². The zero-order valence-corrected chi connectivity index (χ0v) is 9.31. The van der Waals surface area contributed by atoms with Crippen LogP contribution in [0, 0.1) is 11.3 Å². The number of carbonyl (C=O) groups is 1. The molecule has 3 heteroatoms. The van der Waals surface area contributed by atoms with Crippen molar-refractivity contribution in [2.24, 2.45) is 0 Å². The van der Waals surface area contributed by atoms with Gasteiger partial charge in [-0.15, -0.1) is 0 Å². The van der Waals surface area contributed by atoms with Crippen LogP contribution in [0.25, 0.3) is 0 Å². The Labute approximate surface area is 95.6 Å². The summed E-state index contributed by atoms with van der Waals surface area (Å²) in [7, 11) is 0. The second-order valence-corrected chi connectivity index (χ2v) is 3.33. The Bertz CT molecular complexity index is 432. The molecule has 0 atom stereocenters. The standard InChI is InChI=1S/C13H14N2O/c1-3-13(16)15(4-2)10-12-8-6-5-7-11(12)9-14/h3,5-8H,1,4,10H2,2H3. The van der Waals surface area contributed by atoms with Crippen LogP contribution in [0.1, 0.15) is 18.1 Å². The monoisotopic (exact) mass is 214 g/mol. The maximum atomic E-state index is 11.5. The molecule has 0 unspecified atom stereocenters. The van der Waals surface area contributed by atoms with Crippen LogP contribution in [0.5, 0.6) is 0 Å².